The van der Waals surface area contributed by atoms with Crippen molar-refractivity contribution < 1.29 is 21.9 Å². The summed E-state index contributed by atoms with van der Waals surface area (Å²) in [6.45, 7) is 0.424. The van der Waals surface area contributed by atoms with Crippen molar-refractivity contribution in [3.05, 3.63) is 59.8 Å². The normalized spacial score (nSPS) is 11.7. The van der Waals surface area contributed by atoms with E-state index in [0.717, 1.165) is 12.1 Å². The standard InChI is InChI=1S/C20H18F2N6O3S/c1-31-9-8-15-17-18(23)26-27-20(17)25-19(24-15)11-2-5-13(6-3-11)28-32(29,30)16-10-12(21)4-7-14(16)22/h2-7,10,28H,8-9H2,1H3,(H3,23,24,25,26,27). The number of ether oxygens (including phenoxy) is 1. The number of halogens is 2. The largest absolute Gasteiger partial charge is 0.384 e. The van der Waals surface area contributed by atoms with Crippen LogP contribution in [0.1, 0.15) is 5.69 Å². The molecular formula is C20H18F2N6O3S. The number of aromatic nitrogens is 4. The minimum Gasteiger partial charge on any atom is -0.384 e. The van der Waals surface area contributed by atoms with Crippen molar-refractivity contribution in [1.29, 1.82) is 0 Å². The Morgan fingerprint density at radius 3 is 2.59 bits per heavy atom. The summed E-state index contributed by atoms with van der Waals surface area (Å²) in [5.41, 5.74) is 7.72. The van der Waals surface area contributed by atoms with Crippen LogP contribution in [0.3, 0.4) is 0 Å². The molecule has 12 heteroatoms. The molecule has 0 atom stereocenters. The molecule has 4 N–H and O–H groups in total. The zero-order chi connectivity index (χ0) is 22.9. The SMILES string of the molecule is COCCc1nc(-c2ccc(NS(=O)(=O)c3cc(F)ccc3F)cc2)nc2n[nH]c(N)c12. The second-order valence-electron chi connectivity index (χ2n) is 6.83. The molecule has 0 aliphatic rings. The van der Waals surface area contributed by atoms with Crippen molar-refractivity contribution in [2.45, 2.75) is 11.3 Å². The third-order valence-corrected chi connectivity index (χ3v) is 6.03. The number of methoxy groups -OCH3 is 1. The Bertz CT molecular complexity index is 1390. The Labute approximate surface area is 181 Å². The third-order valence-electron chi connectivity index (χ3n) is 4.64. The maximum atomic E-state index is 13.9. The van der Waals surface area contributed by atoms with E-state index in [1.165, 1.54) is 12.1 Å². The third kappa shape index (κ3) is 4.22. The van der Waals surface area contributed by atoms with Crippen molar-refractivity contribution in [2.24, 2.45) is 0 Å². The van der Waals surface area contributed by atoms with E-state index in [0.29, 0.717) is 53.0 Å². The number of fused-ring (bicyclic) bond motifs is 1. The lowest BCUT2D eigenvalue weighted by atomic mass is 10.1. The molecule has 32 heavy (non-hydrogen) atoms. The number of nitrogens with two attached hydrogens (primary N) is 1. The van der Waals surface area contributed by atoms with Crippen LogP contribution < -0.4 is 10.5 Å². The lowest BCUT2D eigenvalue weighted by Gasteiger charge is -2.10. The number of hydrogen-bond donors (Lipinski definition) is 3. The molecule has 2 aromatic heterocycles. The lowest BCUT2D eigenvalue weighted by Crippen LogP contribution is -2.14. The molecule has 0 bridgehead atoms. The van der Waals surface area contributed by atoms with Crippen LogP contribution in [0.2, 0.25) is 0 Å². The molecule has 2 aromatic carbocycles. The molecule has 4 aromatic rings. The first-order chi connectivity index (χ1) is 15.3. The quantitative estimate of drug-likeness (QED) is 0.386. The molecule has 0 radical (unpaired) electrons. The Morgan fingerprint density at radius 1 is 1.12 bits per heavy atom. The van der Waals surface area contributed by atoms with E-state index in [2.05, 4.69) is 24.9 Å². The highest BCUT2D eigenvalue weighted by atomic mass is 32.2. The van der Waals surface area contributed by atoms with Crippen LogP contribution in [0, 0.1) is 11.6 Å². The van der Waals surface area contributed by atoms with E-state index in [4.69, 9.17) is 10.5 Å². The molecule has 9 nitrogen and oxygen atoms in total. The number of aromatic amines is 1. The molecule has 0 fully saturated rings. The number of anilines is 2. The van der Waals surface area contributed by atoms with E-state index in [9.17, 15) is 17.2 Å². The van der Waals surface area contributed by atoms with Crippen molar-refractivity contribution >= 4 is 32.6 Å². The summed E-state index contributed by atoms with van der Waals surface area (Å²) in [6, 6.07) is 8.33. The molecule has 4 rings (SSSR count). The molecular weight excluding hydrogens is 442 g/mol. The van der Waals surface area contributed by atoms with Crippen LogP contribution in [-0.4, -0.2) is 42.3 Å². The second kappa shape index (κ2) is 8.48. The highest BCUT2D eigenvalue weighted by molar-refractivity contribution is 7.92. The van der Waals surface area contributed by atoms with E-state index in [-0.39, 0.29) is 5.69 Å². The highest BCUT2D eigenvalue weighted by Crippen LogP contribution is 2.26. The highest BCUT2D eigenvalue weighted by Gasteiger charge is 2.20. The Hall–Kier alpha value is -3.64. The number of H-pyrrole nitrogens is 1. The average molecular weight is 460 g/mol. The Morgan fingerprint density at radius 2 is 1.88 bits per heavy atom. The zero-order valence-electron chi connectivity index (χ0n) is 16.8. The minimum absolute atomic E-state index is 0.155. The number of nitrogens with zero attached hydrogens (tertiary/aromatic N) is 3. The number of benzene rings is 2. The summed E-state index contributed by atoms with van der Waals surface area (Å²) in [4.78, 5) is 8.17. The fourth-order valence-electron chi connectivity index (χ4n) is 3.11. The van der Waals surface area contributed by atoms with Crippen molar-refractivity contribution in [1.82, 2.24) is 20.2 Å². The van der Waals surface area contributed by atoms with Crippen LogP contribution in [0.4, 0.5) is 20.3 Å². The second-order valence-corrected chi connectivity index (χ2v) is 8.48. The van der Waals surface area contributed by atoms with Gasteiger partial charge in [-0.25, -0.2) is 27.2 Å². The van der Waals surface area contributed by atoms with Gasteiger partial charge in [0.15, 0.2) is 11.5 Å². The van der Waals surface area contributed by atoms with E-state index in [1.54, 1.807) is 19.2 Å². The molecule has 0 aliphatic carbocycles. The van der Waals surface area contributed by atoms with E-state index >= 15 is 0 Å². The van der Waals surface area contributed by atoms with Gasteiger partial charge in [-0.3, -0.25) is 9.82 Å². The topological polar surface area (TPSA) is 136 Å². The van der Waals surface area contributed by atoms with Crippen LogP contribution in [-0.2, 0) is 21.2 Å². The summed E-state index contributed by atoms with van der Waals surface area (Å²) < 4.78 is 59.5. The van der Waals surface area contributed by atoms with Gasteiger partial charge in [-0.15, -0.1) is 0 Å². The summed E-state index contributed by atoms with van der Waals surface area (Å²) >= 11 is 0. The summed E-state index contributed by atoms with van der Waals surface area (Å²) in [5, 5.41) is 7.39. The van der Waals surface area contributed by atoms with Crippen LogP contribution >= 0.6 is 0 Å². The number of nitrogen functional groups attached to an aromatic ring is 1. The van der Waals surface area contributed by atoms with Gasteiger partial charge in [0, 0.05) is 24.8 Å². The molecule has 0 unspecified atom stereocenters. The molecule has 2 heterocycles. The summed E-state index contributed by atoms with van der Waals surface area (Å²) in [7, 11) is -2.75. The van der Waals surface area contributed by atoms with Gasteiger partial charge in [0.2, 0.25) is 0 Å². The maximum absolute atomic E-state index is 13.9. The fourth-order valence-corrected chi connectivity index (χ4v) is 4.26. The minimum atomic E-state index is -4.33. The van der Waals surface area contributed by atoms with Gasteiger partial charge in [0.25, 0.3) is 10.0 Å². The van der Waals surface area contributed by atoms with Gasteiger partial charge in [0.1, 0.15) is 22.3 Å². The van der Waals surface area contributed by atoms with Crippen molar-refractivity contribution in [3.63, 3.8) is 0 Å². The molecule has 0 spiro atoms. The van der Waals surface area contributed by atoms with Crippen LogP contribution in [0.5, 0.6) is 0 Å². The number of rotatable bonds is 7. The molecule has 0 aliphatic heterocycles. The van der Waals surface area contributed by atoms with Gasteiger partial charge in [-0.2, -0.15) is 5.10 Å². The first kappa shape index (κ1) is 21.6. The Kier molecular flexibility index (Phi) is 5.72. The van der Waals surface area contributed by atoms with E-state index in [1.807, 2.05) is 0 Å². The number of nitrogens with one attached hydrogen (secondary N) is 2. The first-order valence-electron chi connectivity index (χ1n) is 9.36. The lowest BCUT2D eigenvalue weighted by molar-refractivity contribution is 0.202. The van der Waals surface area contributed by atoms with Gasteiger partial charge in [-0.1, -0.05) is 0 Å². The van der Waals surface area contributed by atoms with Gasteiger partial charge in [0.05, 0.1) is 17.7 Å². The summed E-state index contributed by atoms with van der Waals surface area (Å²) in [6.07, 6.45) is 0.489. The van der Waals surface area contributed by atoms with Crippen LogP contribution in [0.15, 0.2) is 47.4 Å². The van der Waals surface area contributed by atoms with Gasteiger partial charge >= 0.3 is 0 Å². The Balaban J connectivity index is 1.64. The number of sulfonamides is 1. The zero-order valence-corrected chi connectivity index (χ0v) is 17.6. The monoisotopic (exact) mass is 460 g/mol. The molecule has 0 saturated carbocycles. The molecule has 0 saturated heterocycles. The van der Waals surface area contributed by atoms with E-state index < -0.39 is 26.6 Å². The molecule has 0 amide bonds. The predicted molar refractivity (Wildman–Crippen MR) is 114 cm³/mol. The number of hydrogen-bond acceptors (Lipinski definition) is 7. The van der Waals surface area contributed by atoms with Gasteiger partial charge < -0.3 is 10.5 Å². The predicted octanol–water partition coefficient (Wildman–Crippen LogP) is 2.87. The molecule has 166 valence electrons. The van der Waals surface area contributed by atoms with Crippen LogP contribution in [0.25, 0.3) is 22.4 Å². The van der Waals surface area contributed by atoms with Gasteiger partial charge in [-0.05, 0) is 42.5 Å². The van der Waals surface area contributed by atoms with Crippen molar-refractivity contribution in [3.8, 4) is 11.4 Å². The average Bonchev–Trinajstić information content (AvgIpc) is 3.15. The smallest absolute Gasteiger partial charge is 0.264 e. The maximum Gasteiger partial charge on any atom is 0.264 e. The first-order valence-corrected chi connectivity index (χ1v) is 10.8. The fraction of sp³-hybridized carbons (Fsp3) is 0.150. The van der Waals surface area contributed by atoms with Crippen molar-refractivity contribution in [2.75, 3.05) is 24.2 Å². The summed E-state index contributed by atoms with van der Waals surface area (Å²) in [5.74, 6) is -1.20.